The highest BCUT2D eigenvalue weighted by Crippen LogP contribution is 2.20. The summed E-state index contributed by atoms with van der Waals surface area (Å²) in [5, 5.41) is 2.81. The maximum atomic E-state index is 14.1. The second-order valence-electron chi connectivity index (χ2n) is 6.49. The lowest BCUT2D eigenvalue weighted by Crippen LogP contribution is -2.20. The molecule has 1 N–H and O–H groups in total. The fraction of sp³-hybridized carbons (Fsp3) is 0.333. The maximum absolute atomic E-state index is 14.1. The minimum Gasteiger partial charge on any atom is -0.356 e. The molecule has 0 radical (unpaired) electrons. The number of nitrogens with one attached hydrogen (secondary N) is 1. The predicted molar refractivity (Wildman–Crippen MR) is 101 cm³/mol. The van der Waals surface area contributed by atoms with Crippen molar-refractivity contribution < 1.29 is 9.18 Å². The molecule has 1 amide bonds. The van der Waals surface area contributed by atoms with Crippen LogP contribution in [0.4, 0.5) is 4.39 Å². The molecule has 0 bridgehead atoms. The molecule has 2 aromatic carbocycles. The molecule has 0 aliphatic heterocycles. The monoisotopic (exact) mass is 353 g/mol. The van der Waals surface area contributed by atoms with Crippen molar-refractivity contribution in [1.29, 1.82) is 0 Å². The number of imidazole rings is 1. The third-order valence-corrected chi connectivity index (χ3v) is 4.47. The standard InChI is InChI=1S/C21H24FN3O/c1-16(26)23-14-8-2-3-13-21-24-19-11-6-7-12-20(19)25(21)15-17-9-4-5-10-18(17)22/h4-7,9-12H,2-3,8,13-15H2,1H3,(H,23,26). The Labute approximate surface area is 153 Å². The lowest BCUT2D eigenvalue weighted by molar-refractivity contribution is -0.118. The number of para-hydroxylation sites is 2. The summed E-state index contributed by atoms with van der Waals surface area (Å²) in [6.07, 6.45) is 3.79. The normalized spacial score (nSPS) is 11.0. The zero-order valence-corrected chi connectivity index (χ0v) is 15.0. The van der Waals surface area contributed by atoms with E-state index in [1.165, 1.54) is 13.0 Å². The number of carbonyl (C=O) groups is 1. The molecule has 1 heterocycles. The summed E-state index contributed by atoms with van der Waals surface area (Å²) in [7, 11) is 0. The number of carbonyl (C=O) groups excluding carboxylic acids is 1. The van der Waals surface area contributed by atoms with Gasteiger partial charge < -0.3 is 9.88 Å². The Morgan fingerprint density at radius 1 is 1.08 bits per heavy atom. The van der Waals surface area contributed by atoms with Crippen molar-refractivity contribution in [2.45, 2.75) is 39.2 Å². The van der Waals surface area contributed by atoms with Crippen LogP contribution >= 0.6 is 0 Å². The lowest BCUT2D eigenvalue weighted by Gasteiger charge is -2.10. The van der Waals surface area contributed by atoms with Crippen LogP contribution in [0, 0.1) is 5.82 Å². The van der Waals surface area contributed by atoms with E-state index in [-0.39, 0.29) is 11.7 Å². The quantitative estimate of drug-likeness (QED) is 0.621. The van der Waals surface area contributed by atoms with E-state index in [0.717, 1.165) is 42.5 Å². The molecule has 0 spiro atoms. The number of benzene rings is 2. The summed E-state index contributed by atoms with van der Waals surface area (Å²) in [5.41, 5.74) is 2.64. The number of hydrogen-bond donors (Lipinski definition) is 1. The van der Waals surface area contributed by atoms with Crippen LogP contribution in [-0.4, -0.2) is 22.0 Å². The van der Waals surface area contributed by atoms with Crippen molar-refractivity contribution in [3.8, 4) is 0 Å². The summed E-state index contributed by atoms with van der Waals surface area (Å²) >= 11 is 0. The number of nitrogens with zero attached hydrogens (tertiary/aromatic N) is 2. The van der Waals surface area contributed by atoms with Crippen molar-refractivity contribution in [2.75, 3.05) is 6.54 Å². The Bertz CT molecular complexity index is 888. The van der Waals surface area contributed by atoms with Crippen molar-refractivity contribution >= 4 is 16.9 Å². The van der Waals surface area contributed by atoms with Crippen molar-refractivity contribution in [2.24, 2.45) is 0 Å². The zero-order chi connectivity index (χ0) is 18.4. The summed E-state index contributed by atoms with van der Waals surface area (Å²) in [6.45, 7) is 2.72. The average molecular weight is 353 g/mol. The minimum absolute atomic E-state index is 0.0108. The number of aryl methyl sites for hydroxylation is 1. The van der Waals surface area contributed by atoms with Gasteiger partial charge in [-0.2, -0.15) is 0 Å². The highest BCUT2D eigenvalue weighted by molar-refractivity contribution is 5.76. The van der Waals surface area contributed by atoms with Crippen LogP contribution in [0.1, 0.15) is 37.6 Å². The van der Waals surface area contributed by atoms with Crippen LogP contribution in [0.2, 0.25) is 0 Å². The molecule has 0 aliphatic rings. The summed E-state index contributed by atoms with van der Waals surface area (Å²) in [5.74, 6) is 0.803. The Hall–Kier alpha value is -2.69. The van der Waals surface area contributed by atoms with Gasteiger partial charge in [-0.15, -0.1) is 0 Å². The molecule has 5 heteroatoms. The van der Waals surface area contributed by atoms with Crippen LogP contribution in [0.15, 0.2) is 48.5 Å². The predicted octanol–water partition coefficient (Wildman–Crippen LogP) is 4.07. The van der Waals surface area contributed by atoms with E-state index in [4.69, 9.17) is 4.98 Å². The molecule has 0 saturated carbocycles. The highest BCUT2D eigenvalue weighted by Gasteiger charge is 2.12. The van der Waals surface area contributed by atoms with Crippen LogP contribution in [0.5, 0.6) is 0 Å². The Morgan fingerprint density at radius 2 is 1.85 bits per heavy atom. The number of amides is 1. The smallest absolute Gasteiger partial charge is 0.216 e. The number of hydrogen-bond acceptors (Lipinski definition) is 2. The first-order chi connectivity index (χ1) is 12.6. The van der Waals surface area contributed by atoms with Gasteiger partial charge in [-0.05, 0) is 31.0 Å². The van der Waals surface area contributed by atoms with E-state index in [2.05, 4.69) is 9.88 Å². The second-order valence-corrected chi connectivity index (χ2v) is 6.49. The highest BCUT2D eigenvalue weighted by atomic mass is 19.1. The van der Waals surface area contributed by atoms with Crippen LogP contribution < -0.4 is 5.32 Å². The lowest BCUT2D eigenvalue weighted by atomic mass is 10.1. The number of unbranched alkanes of at least 4 members (excludes halogenated alkanes) is 2. The second kappa shape index (κ2) is 8.61. The molecule has 0 atom stereocenters. The molecule has 3 rings (SSSR count). The van der Waals surface area contributed by atoms with E-state index < -0.39 is 0 Å². The molecule has 1 aromatic heterocycles. The first kappa shape index (κ1) is 18.1. The molecule has 0 unspecified atom stereocenters. The number of halogens is 1. The molecule has 3 aromatic rings. The summed E-state index contributed by atoms with van der Waals surface area (Å²) in [6, 6.07) is 14.9. The van der Waals surface area contributed by atoms with Crippen LogP contribution in [-0.2, 0) is 17.8 Å². The average Bonchev–Trinajstić information content (AvgIpc) is 2.97. The van der Waals surface area contributed by atoms with Gasteiger partial charge in [0.15, 0.2) is 0 Å². The van der Waals surface area contributed by atoms with Gasteiger partial charge in [-0.25, -0.2) is 9.37 Å². The molecule has 0 fully saturated rings. The maximum Gasteiger partial charge on any atom is 0.216 e. The third kappa shape index (κ3) is 4.48. The van der Waals surface area contributed by atoms with Gasteiger partial charge in [0, 0.05) is 25.5 Å². The van der Waals surface area contributed by atoms with Gasteiger partial charge in [0.2, 0.25) is 5.91 Å². The number of aromatic nitrogens is 2. The third-order valence-electron chi connectivity index (χ3n) is 4.47. The van der Waals surface area contributed by atoms with Crippen molar-refractivity contribution in [3.63, 3.8) is 0 Å². The first-order valence-electron chi connectivity index (χ1n) is 9.07. The number of rotatable bonds is 8. The molecule has 0 aliphatic carbocycles. The fourth-order valence-electron chi connectivity index (χ4n) is 3.14. The topological polar surface area (TPSA) is 46.9 Å². The molecular weight excluding hydrogens is 329 g/mol. The fourth-order valence-corrected chi connectivity index (χ4v) is 3.14. The molecule has 26 heavy (non-hydrogen) atoms. The van der Waals surface area contributed by atoms with Crippen LogP contribution in [0.3, 0.4) is 0 Å². The van der Waals surface area contributed by atoms with E-state index in [9.17, 15) is 9.18 Å². The Kier molecular flexibility index (Phi) is 6.00. The van der Waals surface area contributed by atoms with E-state index in [1.807, 2.05) is 36.4 Å². The molecular formula is C21H24FN3O. The van der Waals surface area contributed by atoms with Gasteiger partial charge in [-0.3, -0.25) is 4.79 Å². The Morgan fingerprint density at radius 3 is 2.65 bits per heavy atom. The largest absolute Gasteiger partial charge is 0.356 e. The zero-order valence-electron chi connectivity index (χ0n) is 15.0. The van der Waals surface area contributed by atoms with Crippen molar-refractivity contribution in [1.82, 2.24) is 14.9 Å². The van der Waals surface area contributed by atoms with Gasteiger partial charge in [0.05, 0.1) is 17.6 Å². The molecule has 0 saturated heterocycles. The number of fused-ring (bicyclic) bond motifs is 1. The molecule has 136 valence electrons. The van der Waals surface area contributed by atoms with E-state index in [1.54, 1.807) is 6.07 Å². The summed E-state index contributed by atoms with van der Waals surface area (Å²) in [4.78, 5) is 15.6. The van der Waals surface area contributed by atoms with E-state index in [0.29, 0.717) is 18.7 Å². The van der Waals surface area contributed by atoms with Crippen molar-refractivity contribution in [3.05, 3.63) is 65.7 Å². The summed E-state index contributed by atoms with van der Waals surface area (Å²) < 4.78 is 16.2. The van der Waals surface area contributed by atoms with E-state index >= 15 is 0 Å². The first-order valence-corrected chi connectivity index (χ1v) is 9.07. The van der Waals surface area contributed by atoms with Gasteiger partial charge >= 0.3 is 0 Å². The van der Waals surface area contributed by atoms with Gasteiger partial charge in [0.1, 0.15) is 11.6 Å². The minimum atomic E-state index is -0.188. The van der Waals surface area contributed by atoms with Crippen LogP contribution in [0.25, 0.3) is 11.0 Å². The van der Waals surface area contributed by atoms with Gasteiger partial charge in [0.25, 0.3) is 0 Å². The SMILES string of the molecule is CC(=O)NCCCCCc1nc2ccccc2n1Cc1ccccc1F. The molecule has 4 nitrogen and oxygen atoms in total. The Balaban J connectivity index is 1.73. The van der Waals surface area contributed by atoms with Gasteiger partial charge in [-0.1, -0.05) is 36.8 Å².